The molecule has 1 heterocycles. The van der Waals surface area contributed by atoms with Crippen LogP contribution in [0.4, 0.5) is 10.8 Å². The van der Waals surface area contributed by atoms with Crippen molar-refractivity contribution < 1.29 is 9.53 Å². The molecule has 0 fully saturated rings. The minimum absolute atomic E-state index is 0.107. The summed E-state index contributed by atoms with van der Waals surface area (Å²) < 4.78 is 6.06. The SMILES string of the molecule is CCNc1nnc(SCC(=O)N(CCC#N)c2ccccc2OC)s1. The van der Waals surface area contributed by atoms with E-state index < -0.39 is 0 Å². The van der Waals surface area contributed by atoms with Crippen LogP contribution in [-0.4, -0.2) is 42.1 Å². The highest BCUT2D eigenvalue weighted by atomic mass is 32.2. The molecule has 1 N–H and O–H groups in total. The van der Waals surface area contributed by atoms with Crippen molar-refractivity contribution in [3.63, 3.8) is 0 Å². The van der Waals surface area contributed by atoms with Gasteiger partial charge >= 0.3 is 0 Å². The molecule has 132 valence electrons. The van der Waals surface area contributed by atoms with E-state index in [2.05, 4.69) is 21.6 Å². The van der Waals surface area contributed by atoms with Crippen molar-refractivity contribution >= 4 is 39.8 Å². The van der Waals surface area contributed by atoms with Crippen molar-refractivity contribution in [3.8, 4) is 11.8 Å². The first-order valence-electron chi connectivity index (χ1n) is 7.70. The molecule has 0 radical (unpaired) electrons. The average molecular weight is 377 g/mol. The summed E-state index contributed by atoms with van der Waals surface area (Å²) in [4.78, 5) is 14.3. The first kappa shape index (κ1) is 19.0. The van der Waals surface area contributed by atoms with Crippen molar-refractivity contribution in [1.29, 1.82) is 5.26 Å². The van der Waals surface area contributed by atoms with Gasteiger partial charge in [-0.05, 0) is 19.1 Å². The largest absolute Gasteiger partial charge is 0.495 e. The first-order chi connectivity index (χ1) is 12.2. The molecule has 0 atom stereocenters. The highest BCUT2D eigenvalue weighted by Gasteiger charge is 2.20. The highest BCUT2D eigenvalue weighted by molar-refractivity contribution is 8.01. The Morgan fingerprint density at radius 3 is 2.96 bits per heavy atom. The minimum atomic E-state index is -0.107. The Bertz CT molecular complexity index is 744. The molecule has 7 nitrogen and oxygen atoms in total. The Morgan fingerprint density at radius 2 is 2.24 bits per heavy atom. The maximum atomic E-state index is 12.7. The average Bonchev–Trinajstić information content (AvgIpc) is 3.08. The van der Waals surface area contributed by atoms with Crippen molar-refractivity contribution in [2.24, 2.45) is 0 Å². The summed E-state index contributed by atoms with van der Waals surface area (Å²) in [5.74, 6) is 0.707. The quantitative estimate of drug-likeness (QED) is 0.672. The van der Waals surface area contributed by atoms with Gasteiger partial charge in [-0.3, -0.25) is 4.79 Å². The number of hydrogen-bond acceptors (Lipinski definition) is 8. The van der Waals surface area contributed by atoms with Crippen LogP contribution in [0.5, 0.6) is 5.75 Å². The zero-order chi connectivity index (χ0) is 18.1. The Kier molecular flexibility index (Phi) is 7.50. The fourth-order valence-electron chi connectivity index (χ4n) is 2.09. The van der Waals surface area contributed by atoms with Crippen LogP contribution in [0, 0.1) is 11.3 Å². The Hall–Kier alpha value is -2.31. The minimum Gasteiger partial charge on any atom is -0.495 e. The number of anilines is 2. The lowest BCUT2D eigenvalue weighted by molar-refractivity contribution is -0.116. The zero-order valence-electron chi connectivity index (χ0n) is 14.1. The lowest BCUT2D eigenvalue weighted by Crippen LogP contribution is -2.33. The number of para-hydroxylation sites is 2. The third-order valence-corrected chi connectivity index (χ3v) is 5.18. The number of benzene rings is 1. The van der Waals surface area contributed by atoms with Crippen LogP contribution in [0.1, 0.15) is 13.3 Å². The lowest BCUT2D eigenvalue weighted by atomic mass is 10.2. The van der Waals surface area contributed by atoms with E-state index >= 15 is 0 Å². The maximum absolute atomic E-state index is 12.7. The molecule has 0 unspecified atom stereocenters. The third-order valence-electron chi connectivity index (χ3n) is 3.18. The van der Waals surface area contributed by atoms with Crippen molar-refractivity contribution in [1.82, 2.24) is 10.2 Å². The number of aromatic nitrogens is 2. The number of amides is 1. The van der Waals surface area contributed by atoms with Gasteiger partial charge in [0.05, 0.1) is 31.0 Å². The summed E-state index contributed by atoms with van der Waals surface area (Å²) in [6, 6.07) is 9.37. The van der Waals surface area contributed by atoms with Crippen molar-refractivity contribution in [2.75, 3.05) is 36.2 Å². The van der Waals surface area contributed by atoms with E-state index in [4.69, 9.17) is 10.00 Å². The van der Waals surface area contributed by atoms with Crippen LogP contribution in [0.25, 0.3) is 0 Å². The fourth-order valence-corrected chi connectivity index (χ4v) is 3.78. The van der Waals surface area contributed by atoms with E-state index in [0.717, 1.165) is 16.0 Å². The number of nitriles is 1. The predicted molar refractivity (Wildman–Crippen MR) is 100 cm³/mol. The molecule has 0 aliphatic rings. The molecule has 0 saturated carbocycles. The zero-order valence-corrected chi connectivity index (χ0v) is 15.7. The standard InChI is InChI=1S/C16H19N5O2S2/c1-3-18-15-19-20-16(25-15)24-11-14(22)21(10-6-9-17)12-7-4-5-8-13(12)23-2/h4-5,7-8H,3,6,10-11H2,1-2H3,(H,18,19). The van der Waals surface area contributed by atoms with E-state index in [1.54, 1.807) is 18.1 Å². The van der Waals surface area contributed by atoms with E-state index in [1.807, 2.05) is 25.1 Å². The third kappa shape index (κ3) is 5.34. The molecule has 1 aromatic carbocycles. The monoisotopic (exact) mass is 377 g/mol. The number of carbonyl (C=O) groups excluding carboxylic acids is 1. The summed E-state index contributed by atoms with van der Waals surface area (Å²) in [6.07, 6.45) is 0.248. The summed E-state index contributed by atoms with van der Waals surface area (Å²) >= 11 is 2.75. The van der Waals surface area contributed by atoms with Gasteiger partial charge in [0.15, 0.2) is 4.34 Å². The number of nitrogens with one attached hydrogen (secondary N) is 1. The van der Waals surface area contributed by atoms with E-state index in [-0.39, 0.29) is 18.1 Å². The summed E-state index contributed by atoms with van der Waals surface area (Å²) in [5.41, 5.74) is 0.663. The van der Waals surface area contributed by atoms with Gasteiger partial charge in [0, 0.05) is 13.1 Å². The Labute approximate surface area is 155 Å². The van der Waals surface area contributed by atoms with Gasteiger partial charge < -0.3 is 15.0 Å². The number of nitrogens with zero attached hydrogens (tertiary/aromatic N) is 4. The molecule has 25 heavy (non-hydrogen) atoms. The Balaban J connectivity index is 2.08. The smallest absolute Gasteiger partial charge is 0.237 e. The molecular formula is C16H19N5O2S2. The number of thioether (sulfide) groups is 1. The first-order valence-corrected chi connectivity index (χ1v) is 9.50. The van der Waals surface area contributed by atoms with Crippen LogP contribution >= 0.6 is 23.1 Å². The van der Waals surface area contributed by atoms with E-state index in [9.17, 15) is 4.79 Å². The van der Waals surface area contributed by atoms with Crippen LogP contribution in [0.2, 0.25) is 0 Å². The van der Waals surface area contributed by atoms with Gasteiger partial charge in [0.2, 0.25) is 11.0 Å². The molecule has 2 rings (SSSR count). The molecule has 2 aromatic rings. The van der Waals surface area contributed by atoms with E-state index in [1.165, 1.54) is 23.1 Å². The molecule has 0 aliphatic carbocycles. The number of carbonyl (C=O) groups is 1. The Morgan fingerprint density at radius 1 is 1.44 bits per heavy atom. The van der Waals surface area contributed by atoms with Gasteiger partial charge in [0.1, 0.15) is 5.75 Å². The lowest BCUT2D eigenvalue weighted by Gasteiger charge is -2.23. The summed E-state index contributed by atoms with van der Waals surface area (Å²) in [7, 11) is 1.56. The number of methoxy groups -OCH3 is 1. The molecule has 0 spiro atoms. The molecule has 0 saturated heterocycles. The summed E-state index contributed by atoms with van der Waals surface area (Å²) in [5, 5.41) is 20.8. The van der Waals surface area contributed by atoms with Gasteiger partial charge in [-0.15, -0.1) is 10.2 Å². The summed E-state index contributed by atoms with van der Waals surface area (Å²) in [6.45, 7) is 3.07. The number of rotatable bonds is 9. The second-order valence-corrected chi connectivity index (χ2v) is 7.02. The topological polar surface area (TPSA) is 91.1 Å². The second kappa shape index (κ2) is 9.86. The normalized spacial score (nSPS) is 10.1. The van der Waals surface area contributed by atoms with E-state index in [0.29, 0.717) is 18.0 Å². The van der Waals surface area contributed by atoms with Crippen molar-refractivity contribution in [3.05, 3.63) is 24.3 Å². The molecule has 0 bridgehead atoms. The number of hydrogen-bond donors (Lipinski definition) is 1. The van der Waals surface area contributed by atoms with Gasteiger partial charge in [-0.2, -0.15) is 5.26 Å². The second-order valence-electron chi connectivity index (χ2n) is 4.82. The maximum Gasteiger partial charge on any atom is 0.237 e. The fraction of sp³-hybridized carbons (Fsp3) is 0.375. The molecule has 9 heteroatoms. The van der Waals surface area contributed by atoms with Crippen LogP contribution in [0.3, 0.4) is 0 Å². The number of ether oxygens (including phenoxy) is 1. The highest BCUT2D eigenvalue weighted by Crippen LogP contribution is 2.30. The molecule has 1 amide bonds. The van der Waals surface area contributed by atoms with Crippen molar-refractivity contribution in [2.45, 2.75) is 17.7 Å². The molecule has 1 aromatic heterocycles. The molecule has 0 aliphatic heterocycles. The van der Waals surface area contributed by atoms with Crippen LogP contribution < -0.4 is 15.0 Å². The molecular weight excluding hydrogens is 358 g/mol. The van der Waals surface area contributed by atoms with Gasteiger partial charge in [0.25, 0.3) is 0 Å². The van der Waals surface area contributed by atoms with Gasteiger partial charge in [-0.1, -0.05) is 35.2 Å². The van der Waals surface area contributed by atoms with Gasteiger partial charge in [-0.25, -0.2) is 0 Å². The van der Waals surface area contributed by atoms with Crippen LogP contribution in [0.15, 0.2) is 28.6 Å². The predicted octanol–water partition coefficient (Wildman–Crippen LogP) is 3.02. The van der Waals surface area contributed by atoms with Crippen LogP contribution in [-0.2, 0) is 4.79 Å².